The lowest BCUT2D eigenvalue weighted by atomic mass is 9.99. The van der Waals surface area contributed by atoms with Crippen LogP contribution in [0.3, 0.4) is 0 Å². The first-order valence-electron chi connectivity index (χ1n) is 10.3. The summed E-state index contributed by atoms with van der Waals surface area (Å²) in [7, 11) is 1.47. The summed E-state index contributed by atoms with van der Waals surface area (Å²) in [5, 5.41) is 11.3. The Bertz CT molecular complexity index is 1130. The first-order valence-corrected chi connectivity index (χ1v) is 10.3. The van der Waals surface area contributed by atoms with E-state index in [4.69, 9.17) is 5.11 Å². The summed E-state index contributed by atoms with van der Waals surface area (Å²) in [5.41, 5.74) is 2.68. The van der Waals surface area contributed by atoms with E-state index in [0.29, 0.717) is 6.42 Å². The van der Waals surface area contributed by atoms with Crippen molar-refractivity contribution in [3.63, 3.8) is 0 Å². The maximum absolute atomic E-state index is 13.7. The second-order valence-corrected chi connectivity index (χ2v) is 7.73. The maximum Gasteiger partial charge on any atom is 0.323 e. The molecule has 1 aliphatic heterocycles. The molecule has 0 saturated heterocycles. The van der Waals surface area contributed by atoms with Gasteiger partial charge in [-0.3, -0.25) is 19.3 Å². The van der Waals surface area contributed by atoms with Crippen LogP contribution in [0.25, 0.3) is 0 Å². The quantitative estimate of drug-likeness (QED) is 0.627. The number of carboxylic acid groups (broad SMARTS) is 1. The average Bonchev–Trinajstić information content (AvgIpc) is 2.76. The van der Waals surface area contributed by atoms with E-state index in [9.17, 15) is 23.6 Å². The van der Waals surface area contributed by atoms with E-state index < -0.39 is 29.7 Å². The monoisotopic (exact) mass is 453 g/mol. The van der Waals surface area contributed by atoms with Crippen LogP contribution in [-0.2, 0) is 20.8 Å². The molecular weight excluding hydrogens is 429 g/mol. The summed E-state index contributed by atoms with van der Waals surface area (Å²) in [4.78, 5) is 51.5. The summed E-state index contributed by atoms with van der Waals surface area (Å²) in [6, 6.07) is 8.99. The molecule has 2 aromatic carbocycles. The molecule has 1 atom stereocenters. The third kappa shape index (κ3) is 5.62. The van der Waals surface area contributed by atoms with Crippen molar-refractivity contribution in [2.45, 2.75) is 25.8 Å². The third-order valence-electron chi connectivity index (χ3n) is 5.30. The molecule has 0 unspecified atom stereocenters. The third-order valence-corrected chi connectivity index (χ3v) is 5.30. The molecule has 2 N–H and O–H groups in total. The van der Waals surface area contributed by atoms with Crippen molar-refractivity contribution in [1.82, 2.24) is 10.2 Å². The van der Waals surface area contributed by atoms with Crippen LogP contribution in [0.4, 0.5) is 14.9 Å². The largest absolute Gasteiger partial charge is 0.481 e. The molecule has 2 aromatic rings. The van der Waals surface area contributed by atoms with Gasteiger partial charge >= 0.3 is 12.0 Å². The summed E-state index contributed by atoms with van der Waals surface area (Å²) in [6.07, 6.45) is 2.59. The summed E-state index contributed by atoms with van der Waals surface area (Å²) >= 11 is 0. The number of hydrogen-bond acceptors (Lipinski definition) is 4. The average molecular weight is 453 g/mol. The van der Waals surface area contributed by atoms with Crippen LogP contribution in [0.5, 0.6) is 0 Å². The molecule has 0 fully saturated rings. The SMILES string of the molecule is Cc1ccc(F)cc1Cc1cccc(N(C(=O)NCCC(=O)O)[C@H]2C(=O)C=CN(C)C2=O)c1. The number of urea groups is 1. The van der Waals surface area contributed by atoms with Crippen molar-refractivity contribution in [2.24, 2.45) is 0 Å². The number of benzene rings is 2. The fourth-order valence-electron chi connectivity index (χ4n) is 3.51. The van der Waals surface area contributed by atoms with E-state index in [1.54, 1.807) is 30.3 Å². The molecule has 1 heterocycles. The Labute approximate surface area is 190 Å². The van der Waals surface area contributed by atoms with Gasteiger partial charge in [0.25, 0.3) is 5.91 Å². The highest BCUT2D eigenvalue weighted by atomic mass is 19.1. The number of likely N-dealkylation sites (N-methyl/N-ethyl adjacent to an activating group) is 1. The second kappa shape index (κ2) is 10.1. The number of carboxylic acids is 1. The number of halogens is 1. The molecule has 0 aliphatic carbocycles. The lowest BCUT2D eigenvalue weighted by molar-refractivity contribution is -0.137. The molecule has 3 rings (SSSR count). The highest BCUT2D eigenvalue weighted by Gasteiger charge is 2.39. The van der Waals surface area contributed by atoms with Crippen LogP contribution < -0.4 is 10.2 Å². The van der Waals surface area contributed by atoms with Crippen molar-refractivity contribution in [2.75, 3.05) is 18.5 Å². The first-order chi connectivity index (χ1) is 15.7. The minimum atomic E-state index is -1.43. The van der Waals surface area contributed by atoms with Gasteiger partial charge in [-0.25, -0.2) is 9.18 Å². The summed E-state index contributed by atoms with van der Waals surface area (Å²) < 4.78 is 13.7. The van der Waals surface area contributed by atoms with Crippen molar-refractivity contribution in [3.05, 3.63) is 77.2 Å². The Morgan fingerprint density at radius 2 is 1.94 bits per heavy atom. The van der Waals surface area contributed by atoms with Gasteiger partial charge in [0.2, 0.25) is 0 Å². The fraction of sp³-hybridized carbons (Fsp3) is 0.250. The van der Waals surface area contributed by atoms with Crippen molar-refractivity contribution in [3.8, 4) is 0 Å². The van der Waals surface area contributed by atoms with E-state index in [2.05, 4.69) is 5.32 Å². The van der Waals surface area contributed by atoms with Crippen LogP contribution >= 0.6 is 0 Å². The maximum atomic E-state index is 13.7. The number of carbonyl (C=O) groups excluding carboxylic acids is 3. The molecule has 1 aliphatic rings. The normalized spacial score (nSPS) is 15.5. The number of aliphatic carboxylic acids is 1. The smallest absolute Gasteiger partial charge is 0.323 e. The van der Waals surface area contributed by atoms with Gasteiger partial charge in [0.05, 0.1) is 6.42 Å². The Balaban J connectivity index is 1.97. The van der Waals surface area contributed by atoms with Gasteiger partial charge in [0.15, 0.2) is 11.8 Å². The zero-order valence-electron chi connectivity index (χ0n) is 18.2. The van der Waals surface area contributed by atoms with Crippen LogP contribution in [0.1, 0.15) is 23.1 Å². The number of ketones is 1. The first kappa shape index (κ1) is 23.6. The van der Waals surface area contributed by atoms with Gasteiger partial charge in [-0.2, -0.15) is 0 Å². The molecule has 8 nitrogen and oxygen atoms in total. The lowest BCUT2D eigenvalue weighted by Gasteiger charge is -2.33. The van der Waals surface area contributed by atoms with Crippen molar-refractivity contribution < 1.29 is 28.7 Å². The highest BCUT2D eigenvalue weighted by molar-refractivity contribution is 6.19. The minimum absolute atomic E-state index is 0.173. The molecular formula is C24H24FN3O5. The van der Waals surface area contributed by atoms with E-state index >= 15 is 0 Å². The zero-order valence-corrected chi connectivity index (χ0v) is 18.2. The van der Waals surface area contributed by atoms with Gasteiger partial charge in [-0.1, -0.05) is 18.2 Å². The molecule has 0 aromatic heterocycles. The second-order valence-electron chi connectivity index (χ2n) is 7.73. The van der Waals surface area contributed by atoms with E-state index in [-0.39, 0.29) is 24.5 Å². The number of nitrogens with one attached hydrogen (secondary N) is 1. The summed E-state index contributed by atoms with van der Waals surface area (Å²) in [6.45, 7) is 1.69. The van der Waals surface area contributed by atoms with Crippen LogP contribution in [-0.4, -0.2) is 53.3 Å². The van der Waals surface area contributed by atoms with Gasteiger partial charge in [-0.05, 0) is 54.3 Å². The number of carbonyl (C=O) groups is 4. The molecule has 0 radical (unpaired) electrons. The highest BCUT2D eigenvalue weighted by Crippen LogP contribution is 2.25. The van der Waals surface area contributed by atoms with Gasteiger partial charge in [-0.15, -0.1) is 0 Å². The Morgan fingerprint density at radius 1 is 1.18 bits per heavy atom. The molecule has 0 spiro atoms. The van der Waals surface area contributed by atoms with Gasteiger partial charge in [0, 0.05) is 31.6 Å². The Hall–Kier alpha value is -4.01. The standard InChI is InChI=1S/C24H24FN3O5/c1-15-6-7-18(25)14-17(15)12-16-4-3-5-19(13-16)28(24(33)26-10-8-21(30)31)22-20(29)9-11-27(2)23(22)32/h3-7,9,11,13-14,22H,8,10,12H2,1-2H3,(H,26,33)(H,30,31)/t22-/m0/s1. The van der Waals surface area contributed by atoms with Crippen molar-refractivity contribution >= 4 is 29.4 Å². The number of nitrogens with zero attached hydrogens (tertiary/aromatic N) is 2. The number of hydrogen-bond donors (Lipinski definition) is 2. The number of amides is 3. The van der Waals surface area contributed by atoms with E-state index in [1.165, 1.54) is 36.4 Å². The van der Waals surface area contributed by atoms with E-state index in [0.717, 1.165) is 21.6 Å². The minimum Gasteiger partial charge on any atom is -0.481 e. The molecule has 9 heteroatoms. The molecule has 172 valence electrons. The fourth-order valence-corrected chi connectivity index (χ4v) is 3.51. The van der Waals surface area contributed by atoms with Gasteiger partial charge in [0.1, 0.15) is 5.82 Å². The Kier molecular flexibility index (Phi) is 7.22. The molecule has 0 bridgehead atoms. The number of rotatable bonds is 7. The lowest BCUT2D eigenvalue weighted by Crippen LogP contribution is -2.57. The zero-order chi connectivity index (χ0) is 24.1. The molecule has 0 saturated carbocycles. The number of anilines is 1. The topological polar surface area (TPSA) is 107 Å². The molecule has 3 amide bonds. The van der Waals surface area contributed by atoms with Crippen LogP contribution in [0, 0.1) is 12.7 Å². The number of aryl methyl sites for hydroxylation is 1. The van der Waals surface area contributed by atoms with Gasteiger partial charge < -0.3 is 15.3 Å². The van der Waals surface area contributed by atoms with Crippen LogP contribution in [0.15, 0.2) is 54.7 Å². The van der Waals surface area contributed by atoms with Crippen LogP contribution in [0.2, 0.25) is 0 Å². The van der Waals surface area contributed by atoms with E-state index in [1.807, 2.05) is 6.92 Å². The predicted molar refractivity (Wildman–Crippen MR) is 119 cm³/mol. The predicted octanol–water partition coefficient (Wildman–Crippen LogP) is 2.64. The summed E-state index contributed by atoms with van der Waals surface area (Å²) in [5.74, 6) is -2.62. The molecule has 33 heavy (non-hydrogen) atoms. The van der Waals surface area contributed by atoms with Crippen molar-refractivity contribution in [1.29, 1.82) is 0 Å². The Morgan fingerprint density at radius 3 is 2.67 bits per heavy atom.